The average Bonchev–Trinajstić information content (AvgIpc) is 2.57. The van der Waals surface area contributed by atoms with Crippen molar-refractivity contribution in [3.8, 4) is 0 Å². The maximum absolute atomic E-state index is 13.3. The van der Waals surface area contributed by atoms with E-state index in [-0.39, 0.29) is 0 Å². The van der Waals surface area contributed by atoms with Crippen LogP contribution in [0.4, 0.5) is 26.2 Å². The van der Waals surface area contributed by atoms with Crippen molar-refractivity contribution >= 4 is 17.5 Å². The standard InChI is InChI=1S/C17H15F2N5/c1-11-8-16(21-10-12-4-6-20-7-5-12)24-17(22-11)23-13-2-3-14(18)15(19)9-13/h2-9H,10H2,1H3,(H2,21,22,23,24). The van der Waals surface area contributed by atoms with Crippen LogP contribution < -0.4 is 10.6 Å². The van der Waals surface area contributed by atoms with Crippen LogP contribution in [0.1, 0.15) is 11.3 Å². The monoisotopic (exact) mass is 327 g/mol. The second-order valence-electron chi connectivity index (χ2n) is 5.18. The molecule has 2 heterocycles. The van der Waals surface area contributed by atoms with Gasteiger partial charge in [0, 0.05) is 42.5 Å². The molecule has 2 N–H and O–H groups in total. The molecule has 0 aliphatic rings. The highest BCUT2D eigenvalue weighted by Gasteiger charge is 2.06. The molecule has 0 saturated carbocycles. The van der Waals surface area contributed by atoms with Crippen LogP contribution in [-0.4, -0.2) is 15.0 Å². The lowest BCUT2D eigenvalue weighted by Gasteiger charge is -2.10. The lowest BCUT2D eigenvalue weighted by atomic mass is 10.3. The van der Waals surface area contributed by atoms with Crippen molar-refractivity contribution in [2.45, 2.75) is 13.5 Å². The Hall–Kier alpha value is -3.09. The van der Waals surface area contributed by atoms with E-state index in [0.717, 1.165) is 23.4 Å². The topological polar surface area (TPSA) is 62.7 Å². The van der Waals surface area contributed by atoms with E-state index in [4.69, 9.17) is 0 Å². The Kier molecular flexibility index (Phi) is 4.60. The number of rotatable bonds is 5. The van der Waals surface area contributed by atoms with E-state index in [1.807, 2.05) is 19.1 Å². The zero-order valence-electron chi connectivity index (χ0n) is 12.9. The maximum Gasteiger partial charge on any atom is 0.229 e. The zero-order valence-corrected chi connectivity index (χ0v) is 12.9. The first-order chi connectivity index (χ1) is 11.6. The van der Waals surface area contributed by atoms with Crippen molar-refractivity contribution in [3.05, 3.63) is 71.7 Å². The minimum atomic E-state index is -0.927. The van der Waals surface area contributed by atoms with Gasteiger partial charge < -0.3 is 10.6 Å². The van der Waals surface area contributed by atoms with Crippen LogP contribution >= 0.6 is 0 Å². The van der Waals surface area contributed by atoms with Gasteiger partial charge in [0.15, 0.2) is 11.6 Å². The Morgan fingerprint density at radius 3 is 2.50 bits per heavy atom. The summed E-state index contributed by atoms with van der Waals surface area (Å²) < 4.78 is 26.3. The predicted octanol–water partition coefficient (Wildman–Crippen LogP) is 3.81. The summed E-state index contributed by atoms with van der Waals surface area (Å²) in [4.78, 5) is 12.5. The summed E-state index contributed by atoms with van der Waals surface area (Å²) in [6.07, 6.45) is 3.44. The van der Waals surface area contributed by atoms with Crippen LogP contribution in [0.3, 0.4) is 0 Å². The smallest absolute Gasteiger partial charge is 0.229 e. The van der Waals surface area contributed by atoms with Crippen molar-refractivity contribution in [2.75, 3.05) is 10.6 Å². The molecular formula is C17H15F2N5. The van der Waals surface area contributed by atoms with E-state index in [1.165, 1.54) is 6.07 Å². The molecule has 2 aromatic heterocycles. The third-order valence-corrected chi connectivity index (χ3v) is 3.25. The normalized spacial score (nSPS) is 10.5. The number of halogens is 2. The number of hydrogen-bond acceptors (Lipinski definition) is 5. The molecule has 0 spiro atoms. The van der Waals surface area contributed by atoms with E-state index >= 15 is 0 Å². The first-order valence-electron chi connectivity index (χ1n) is 7.31. The number of aryl methyl sites for hydroxylation is 1. The minimum Gasteiger partial charge on any atom is -0.366 e. The van der Waals surface area contributed by atoms with Gasteiger partial charge in [0.25, 0.3) is 0 Å². The molecule has 1 aromatic carbocycles. The largest absolute Gasteiger partial charge is 0.366 e. The molecule has 7 heteroatoms. The third-order valence-electron chi connectivity index (χ3n) is 3.25. The lowest BCUT2D eigenvalue weighted by molar-refractivity contribution is 0.509. The number of nitrogens with zero attached hydrogens (tertiary/aromatic N) is 3. The third kappa shape index (κ3) is 4.01. The molecule has 0 atom stereocenters. The second kappa shape index (κ2) is 6.99. The summed E-state index contributed by atoms with van der Waals surface area (Å²) in [5.41, 5.74) is 2.18. The molecule has 5 nitrogen and oxygen atoms in total. The highest BCUT2D eigenvalue weighted by atomic mass is 19.2. The number of benzene rings is 1. The number of anilines is 3. The van der Waals surface area contributed by atoms with E-state index in [0.29, 0.717) is 24.0 Å². The molecule has 0 aliphatic carbocycles. The fourth-order valence-corrected chi connectivity index (χ4v) is 2.11. The quantitative estimate of drug-likeness (QED) is 0.746. The van der Waals surface area contributed by atoms with Crippen molar-refractivity contribution in [1.82, 2.24) is 15.0 Å². The molecule has 0 aliphatic heterocycles. The number of pyridine rings is 1. The van der Waals surface area contributed by atoms with Gasteiger partial charge in [-0.1, -0.05) is 0 Å². The fourth-order valence-electron chi connectivity index (χ4n) is 2.11. The summed E-state index contributed by atoms with van der Waals surface area (Å²) in [6.45, 7) is 2.42. The van der Waals surface area contributed by atoms with Gasteiger partial charge in [-0.15, -0.1) is 0 Å². The van der Waals surface area contributed by atoms with Crippen molar-refractivity contribution in [3.63, 3.8) is 0 Å². The second-order valence-corrected chi connectivity index (χ2v) is 5.18. The van der Waals surface area contributed by atoms with Gasteiger partial charge in [0.2, 0.25) is 5.95 Å². The summed E-state index contributed by atoms with van der Waals surface area (Å²) in [6, 6.07) is 9.15. The summed E-state index contributed by atoms with van der Waals surface area (Å²) in [7, 11) is 0. The molecule has 3 rings (SSSR count). The SMILES string of the molecule is Cc1cc(NCc2ccncc2)nc(Nc2ccc(F)c(F)c2)n1. The van der Waals surface area contributed by atoms with Crippen LogP contribution in [0, 0.1) is 18.6 Å². The van der Waals surface area contributed by atoms with E-state index < -0.39 is 11.6 Å². The molecular weight excluding hydrogens is 312 g/mol. The Bertz CT molecular complexity index is 840. The van der Waals surface area contributed by atoms with Crippen LogP contribution in [0.5, 0.6) is 0 Å². The zero-order chi connectivity index (χ0) is 16.9. The van der Waals surface area contributed by atoms with Gasteiger partial charge >= 0.3 is 0 Å². The van der Waals surface area contributed by atoms with Gasteiger partial charge in [-0.3, -0.25) is 4.98 Å². The van der Waals surface area contributed by atoms with Gasteiger partial charge in [0.1, 0.15) is 5.82 Å². The Labute approximate surface area is 137 Å². The van der Waals surface area contributed by atoms with Crippen molar-refractivity contribution in [1.29, 1.82) is 0 Å². The van der Waals surface area contributed by atoms with Gasteiger partial charge in [0.05, 0.1) is 0 Å². The van der Waals surface area contributed by atoms with Crippen LogP contribution in [0.2, 0.25) is 0 Å². The Balaban J connectivity index is 1.74. The first kappa shape index (κ1) is 15.8. The minimum absolute atomic E-state index is 0.304. The molecule has 3 aromatic rings. The van der Waals surface area contributed by atoms with Gasteiger partial charge in [-0.05, 0) is 36.8 Å². The van der Waals surface area contributed by atoms with Gasteiger partial charge in [-0.25, -0.2) is 13.8 Å². The first-order valence-corrected chi connectivity index (χ1v) is 7.31. The number of hydrogen-bond donors (Lipinski definition) is 2. The molecule has 24 heavy (non-hydrogen) atoms. The van der Waals surface area contributed by atoms with Crippen LogP contribution in [0.15, 0.2) is 48.8 Å². The number of aromatic nitrogens is 3. The van der Waals surface area contributed by atoms with Crippen LogP contribution in [0.25, 0.3) is 0 Å². The number of nitrogens with one attached hydrogen (secondary N) is 2. The van der Waals surface area contributed by atoms with Crippen molar-refractivity contribution in [2.24, 2.45) is 0 Å². The average molecular weight is 327 g/mol. The lowest BCUT2D eigenvalue weighted by Crippen LogP contribution is -2.06. The van der Waals surface area contributed by atoms with Gasteiger partial charge in [-0.2, -0.15) is 4.98 Å². The van der Waals surface area contributed by atoms with E-state index in [1.54, 1.807) is 18.5 Å². The molecule has 0 bridgehead atoms. The molecule has 0 amide bonds. The summed E-state index contributed by atoms with van der Waals surface area (Å²) in [5.74, 6) is -0.892. The summed E-state index contributed by atoms with van der Waals surface area (Å²) >= 11 is 0. The highest BCUT2D eigenvalue weighted by Crippen LogP contribution is 2.18. The molecule has 0 unspecified atom stereocenters. The van der Waals surface area contributed by atoms with E-state index in [2.05, 4.69) is 25.6 Å². The Morgan fingerprint density at radius 2 is 1.75 bits per heavy atom. The maximum atomic E-state index is 13.3. The Morgan fingerprint density at radius 1 is 0.958 bits per heavy atom. The molecule has 0 fully saturated rings. The molecule has 122 valence electrons. The van der Waals surface area contributed by atoms with Crippen molar-refractivity contribution < 1.29 is 8.78 Å². The van der Waals surface area contributed by atoms with Crippen LogP contribution in [-0.2, 0) is 6.54 Å². The predicted molar refractivity (Wildman–Crippen MR) is 88.0 cm³/mol. The molecule has 0 radical (unpaired) electrons. The fraction of sp³-hybridized carbons (Fsp3) is 0.118. The highest BCUT2D eigenvalue weighted by molar-refractivity contribution is 5.55. The van der Waals surface area contributed by atoms with E-state index in [9.17, 15) is 8.78 Å². The summed E-state index contributed by atoms with van der Waals surface area (Å²) in [5, 5.41) is 6.07. The molecule has 0 saturated heterocycles.